The van der Waals surface area contributed by atoms with E-state index in [0.29, 0.717) is 12.6 Å². The number of aromatic nitrogens is 2. The molecule has 0 unspecified atom stereocenters. The lowest BCUT2D eigenvalue weighted by molar-refractivity contribution is 0.342. The quantitative estimate of drug-likeness (QED) is 0.674. The highest BCUT2D eigenvalue weighted by Crippen LogP contribution is 2.28. The first-order valence-electron chi connectivity index (χ1n) is 8.46. The van der Waals surface area contributed by atoms with Crippen molar-refractivity contribution in [2.24, 2.45) is 0 Å². The van der Waals surface area contributed by atoms with E-state index in [1.807, 2.05) is 55.5 Å². The number of nitrogens with zero attached hydrogens (tertiary/aromatic N) is 3. The molecule has 0 amide bonds. The Morgan fingerprint density at radius 3 is 2.48 bits per heavy atom. The average molecular weight is 334 g/mol. The second-order valence-corrected chi connectivity index (χ2v) is 5.38. The summed E-state index contributed by atoms with van der Waals surface area (Å²) in [5.41, 5.74) is 1.95. The van der Waals surface area contributed by atoms with Gasteiger partial charge >= 0.3 is 0 Å². The summed E-state index contributed by atoms with van der Waals surface area (Å²) in [5.74, 6) is 2.19. The summed E-state index contributed by atoms with van der Waals surface area (Å²) in [6, 6.07) is 19.8. The molecule has 5 heteroatoms. The molecule has 0 fully saturated rings. The molecule has 0 radical (unpaired) electrons. The number of para-hydroxylation sites is 3. The van der Waals surface area contributed by atoms with E-state index in [1.54, 1.807) is 6.20 Å². The molecule has 5 nitrogen and oxygen atoms in total. The first-order chi connectivity index (χ1) is 12.3. The highest BCUT2D eigenvalue weighted by Gasteiger charge is 2.11. The van der Waals surface area contributed by atoms with Gasteiger partial charge in [0.2, 0.25) is 5.95 Å². The number of anilines is 4. The number of hydrogen-bond donors (Lipinski definition) is 1. The van der Waals surface area contributed by atoms with E-state index < -0.39 is 0 Å². The maximum absolute atomic E-state index is 5.66. The SMILES string of the molecule is CCOc1ccccc1Nc1ccnc(N(CC)c2ccccc2)n1. The summed E-state index contributed by atoms with van der Waals surface area (Å²) in [6.07, 6.45) is 1.76. The van der Waals surface area contributed by atoms with Crippen LogP contribution in [-0.2, 0) is 0 Å². The van der Waals surface area contributed by atoms with Gasteiger partial charge < -0.3 is 15.0 Å². The molecule has 3 rings (SSSR count). The molecular formula is C20H22N4O. The van der Waals surface area contributed by atoms with Gasteiger partial charge in [0, 0.05) is 18.4 Å². The van der Waals surface area contributed by atoms with Crippen molar-refractivity contribution in [3.8, 4) is 5.75 Å². The zero-order valence-corrected chi connectivity index (χ0v) is 14.5. The van der Waals surface area contributed by atoms with Gasteiger partial charge in [0.15, 0.2) is 0 Å². The number of rotatable bonds is 7. The lowest BCUT2D eigenvalue weighted by Gasteiger charge is -2.21. The van der Waals surface area contributed by atoms with Crippen molar-refractivity contribution in [1.82, 2.24) is 9.97 Å². The minimum absolute atomic E-state index is 0.616. The van der Waals surface area contributed by atoms with E-state index in [4.69, 9.17) is 4.74 Å². The molecule has 1 aromatic heterocycles. The van der Waals surface area contributed by atoms with Crippen LogP contribution in [0.25, 0.3) is 0 Å². The molecule has 1 heterocycles. The zero-order valence-electron chi connectivity index (χ0n) is 14.5. The summed E-state index contributed by atoms with van der Waals surface area (Å²) >= 11 is 0. The van der Waals surface area contributed by atoms with Crippen LogP contribution < -0.4 is 15.0 Å². The van der Waals surface area contributed by atoms with Crippen LogP contribution in [0, 0.1) is 0 Å². The molecule has 0 aliphatic rings. The van der Waals surface area contributed by atoms with E-state index in [9.17, 15) is 0 Å². The molecule has 3 aromatic rings. The Morgan fingerprint density at radius 2 is 1.72 bits per heavy atom. The monoisotopic (exact) mass is 334 g/mol. The molecule has 1 N–H and O–H groups in total. The first-order valence-corrected chi connectivity index (χ1v) is 8.46. The molecule has 25 heavy (non-hydrogen) atoms. The van der Waals surface area contributed by atoms with Gasteiger partial charge in [-0.25, -0.2) is 4.98 Å². The number of ether oxygens (including phenoxy) is 1. The Labute approximate surface area is 148 Å². The van der Waals surface area contributed by atoms with E-state index >= 15 is 0 Å². The molecule has 0 saturated carbocycles. The smallest absolute Gasteiger partial charge is 0.231 e. The largest absolute Gasteiger partial charge is 0.492 e. The Hall–Kier alpha value is -3.08. The number of benzene rings is 2. The van der Waals surface area contributed by atoms with Crippen molar-refractivity contribution in [1.29, 1.82) is 0 Å². The van der Waals surface area contributed by atoms with Crippen LogP contribution in [0.5, 0.6) is 5.75 Å². The van der Waals surface area contributed by atoms with Crippen LogP contribution in [0.1, 0.15) is 13.8 Å². The Bertz CT molecular complexity index is 808. The number of hydrogen-bond acceptors (Lipinski definition) is 5. The summed E-state index contributed by atoms with van der Waals surface area (Å²) < 4.78 is 5.66. The fourth-order valence-corrected chi connectivity index (χ4v) is 2.58. The van der Waals surface area contributed by atoms with Crippen molar-refractivity contribution >= 4 is 23.1 Å². The van der Waals surface area contributed by atoms with E-state index in [1.165, 1.54) is 0 Å². The minimum atomic E-state index is 0.616. The second-order valence-electron chi connectivity index (χ2n) is 5.38. The summed E-state index contributed by atoms with van der Waals surface area (Å²) in [7, 11) is 0. The van der Waals surface area contributed by atoms with Crippen LogP contribution in [0.3, 0.4) is 0 Å². The highest BCUT2D eigenvalue weighted by molar-refractivity contribution is 5.65. The van der Waals surface area contributed by atoms with E-state index in [2.05, 4.69) is 39.2 Å². The maximum Gasteiger partial charge on any atom is 0.231 e. The van der Waals surface area contributed by atoms with Crippen molar-refractivity contribution in [3.63, 3.8) is 0 Å². The van der Waals surface area contributed by atoms with Crippen LogP contribution in [0.4, 0.5) is 23.1 Å². The van der Waals surface area contributed by atoms with Gasteiger partial charge in [0.1, 0.15) is 11.6 Å². The van der Waals surface area contributed by atoms with E-state index in [-0.39, 0.29) is 0 Å². The third-order valence-electron chi connectivity index (χ3n) is 3.72. The lowest BCUT2D eigenvalue weighted by atomic mass is 10.3. The zero-order chi connectivity index (χ0) is 17.5. The predicted molar refractivity (Wildman–Crippen MR) is 102 cm³/mol. The van der Waals surface area contributed by atoms with E-state index in [0.717, 1.165) is 29.5 Å². The normalized spacial score (nSPS) is 10.3. The molecule has 0 atom stereocenters. The van der Waals surface area contributed by atoms with Gasteiger partial charge in [-0.05, 0) is 44.2 Å². The molecule has 0 spiro atoms. The van der Waals surface area contributed by atoms with Crippen molar-refractivity contribution in [2.45, 2.75) is 13.8 Å². The molecule has 2 aromatic carbocycles. The lowest BCUT2D eigenvalue weighted by Crippen LogP contribution is -2.19. The average Bonchev–Trinajstić information content (AvgIpc) is 2.65. The van der Waals surface area contributed by atoms with Crippen LogP contribution in [0.15, 0.2) is 66.9 Å². The third kappa shape index (κ3) is 4.07. The molecule has 0 aliphatic carbocycles. The second kappa shape index (κ2) is 8.15. The Kier molecular flexibility index (Phi) is 5.46. The number of nitrogens with one attached hydrogen (secondary N) is 1. The van der Waals surface area contributed by atoms with Gasteiger partial charge in [0.05, 0.1) is 12.3 Å². The van der Waals surface area contributed by atoms with Gasteiger partial charge in [-0.3, -0.25) is 0 Å². The molecular weight excluding hydrogens is 312 g/mol. The first kappa shape index (κ1) is 16.8. The molecule has 0 saturated heterocycles. The fraction of sp³-hybridized carbons (Fsp3) is 0.200. The van der Waals surface area contributed by atoms with Crippen LogP contribution >= 0.6 is 0 Å². The van der Waals surface area contributed by atoms with Crippen molar-refractivity contribution in [3.05, 3.63) is 66.9 Å². The Balaban J connectivity index is 1.87. The van der Waals surface area contributed by atoms with Crippen molar-refractivity contribution < 1.29 is 4.74 Å². The highest BCUT2D eigenvalue weighted by atomic mass is 16.5. The molecule has 128 valence electrons. The van der Waals surface area contributed by atoms with Gasteiger partial charge in [0.25, 0.3) is 0 Å². The fourth-order valence-electron chi connectivity index (χ4n) is 2.58. The van der Waals surface area contributed by atoms with Crippen LogP contribution in [-0.4, -0.2) is 23.1 Å². The minimum Gasteiger partial charge on any atom is -0.492 e. The maximum atomic E-state index is 5.66. The third-order valence-corrected chi connectivity index (χ3v) is 3.72. The van der Waals surface area contributed by atoms with Crippen LogP contribution in [0.2, 0.25) is 0 Å². The van der Waals surface area contributed by atoms with Gasteiger partial charge in [-0.2, -0.15) is 4.98 Å². The van der Waals surface area contributed by atoms with Crippen molar-refractivity contribution in [2.75, 3.05) is 23.4 Å². The molecule has 0 bridgehead atoms. The van der Waals surface area contributed by atoms with Gasteiger partial charge in [-0.15, -0.1) is 0 Å². The molecule has 0 aliphatic heterocycles. The predicted octanol–water partition coefficient (Wildman–Crippen LogP) is 4.78. The topological polar surface area (TPSA) is 50.3 Å². The summed E-state index contributed by atoms with van der Waals surface area (Å²) in [6.45, 7) is 5.45. The van der Waals surface area contributed by atoms with Gasteiger partial charge in [-0.1, -0.05) is 30.3 Å². The standard InChI is InChI=1S/C20H22N4O/c1-3-24(16-10-6-5-7-11-16)20-21-15-14-19(23-20)22-17-12-8-9-13-18(17)25-4-2/h5-15H,3-4H2,1-2H3,(H,21,22,23). The Morgan fingerprint density at radius 1 is 0.960 bits per heavy atom. The summed E-state index contributed by atoms with van der Waals surface area (Å²) in [5, 5.41) is 3.33. The summed E-state index contributed by atoms with van der Waals surface area (Å²) in [4.78, 5) is 11.2.